The highest BCUT2D eigenvalue weighted by Gasteiger charge is 2.38. The minimum Gasteiger partial charge on any atom is -0.497 e. The first-order valence-electron chi connectivity index (χ1n) is 12.3. The van der Waals surface area contributed by atoms with Crippen molar-refractivity contribution in [2.24, 2.45) is 5.92 Å². The molecule has 0 saturated carbocycles. The van der Waals surface area contributed by atoms with Gasteiger partial charge in [0.05, 0.1) is 7.11 Å². The average Bonchev–Trinajstić information content (AvgIpc) is 3.33. The van der Waals surface area contributed by atoms with Crippen molar-refractivity contribution in [3.05, 3.63) is 95.8 Å². The molecule has 0 aliphatic carbocycles. The molecule has 2 aliphatic heterocycles. The fourth-order valence-electron chi connectivity index (χ4n) is 5.43. The summed E-state index contributed by atoms with van der Waals surface area (Å²) >= 11 is 0. The number of carbonyl (C=O) groups is 1. The van der Waals surface area contributed by atoms with Gasteiger partial charge in [0, 0.05) is 69.0 Å². The normalized spacial score (nSPS) is 20.7. The number of methoxy groups -OCH3 is 1. The van der Waals surface area contributed by atoms with Crippen LogP contribution in [0.5, 0.6) is 5.75 Å². The monoisotopic (exact) mass is 473 g/mol. The molecule has 35 heavy (non-hydrogen) atoms. The number of carbonyl (C=O) groups excluding carboxylic acids is 1. The van der Waals surface area contributed by atoms with Crippen molar-refractivity contribution in [1.82, 2.24) is 9.80 Å². The largest absolute Gasteiger partial charge is 0.497 e. The summed E-state index contributed by atoms with van der Waals surface area (Å²) < 4.78 is 19.5. The second-order valence-electron chi connectivity index (χ2n) is 9.49. The van der Waals surface area contributed by atoms with Crippen LogP contribution in [0.1, 0.15) is 21.8 Å². The standard InChI is InChI=1S/C29H32FN3O2/c1-35-27-12-6-11-26(18-27)32-15-13-31(14-16-32)19-24-20-33(29(34)22-7-3-2-4-8-22)21-28(24)23-9-5-10-25(30)17-23/h2-12,17-18,24,28H,13-16,19-21H2,1H3/t24-,28+/m1/s1. The molecule has 0 bridgehead atoms. The number of hydrogen-bond acceptors (Lipinski definition) is 4. The number of anilines is 1. The highest BCUT2D eigenvalue weighted by atomic mass is 19.1. The van der Waals surface area contributed by atoms with Crippen molar-refractivity contribution < 1.29 is 13.9 Å². The molecule has 5 rings (SSSR count). The Balaban J connectivity index is 1.28. The number of halogens is 1. The lowest BCUT2D eigenvalue weighted by atomic mass is 9.88. The summed E-state index contributed by atoms with van der Waals surface area (Å²) in [6.07, 6.45) is 0. The first kappa shape index (κ1) is 23.4. The zero-order valence-corrected chi connectivity index (χ0v) is 20.1. The summed E-state index contributed by atoms with van der Waals surface area (Å²) in [5, 5.41) is 0. The van der Waals surface area contributed by atoms with Crippen LogP contribution in [0.4, 0.5) is 10.1 Å². The van der Waals surface area contributed by atoms with Crippen LogP contribution in [0.2, 0.25) is 0 Å². The zero-order valence-electron chi connectivity index (χ0n) is 20.1. The van der Waals surface area contributed by atoms with E-state index in [1.54, 1.807) is 19.2 Å². The Morgan fingerprint density at radius 2 is 1.69 bits per heavy atom. The molecule has 2 fully saturated rings. The molecule has 3 aromatic carbocycles. The smallest absolute Gasteiger partial charge is 0.253 e. The number of amides is 1. The first-order chi connectivity index (χ1) is 17.1. The highest BCUT2D eigenvalue weighted by Crippen LogP contribution is 2.35. The summed E-state index contributed by atoms with van der Waals surface area (Å²) in [6, 6.07) is 24.5. The molecule has 6 heteroatoms. The molecule has 2 saturated heterocycles. The number of benzene rings is 3. The van der Waals surface area contributed by atoms with E-state index in [1.165, 1.54) is 11.8 Å². The lowest BCUT2D eigenvalue weighted by molar-refractivity contribution is 0.0782. The summed E-state index contributed by atoms with van der Waals surface area (Å²) in [4.78, 5) is 20.0. The molecular weight excluding hydrogens is 441 g/mol. The van der Waals surface area contributed by atoms with Crippen LogP contribution in [0, 0.1) is 11.7 Å². The molecule has 0 N–H and O–H groups in total. The third kappa shape index (κ3) is 5.33. The van der Waals surface area contributed by atoms with Gasteiger partial charge in [-0.2, -0.15) is 0 Å². The quantitative estimate of drug-likeness (QED) is 0.528. The number of nitrogens with zero attached hydrogens (tertiary/aromatic N) is 3. The molecule has 0 radical (unpaired) electrons. The Bertz CT molecular complexity index is 1150. The number of hydrogen-bond donors (Lipinski definition) is 0. The summed E-state index contributed by atoms with van der Waals surface area (Å²) in [5.41, 5.74) is 2.87. The minimum absolute atomic E-state index is 0.0531. The Labute approximate surface area is 206 Å². The maximum Gasteiger partial charge on any atom is 0.253 e. The first-order valence-corrected chi connectivity index (χ1v) is 12.3. The third-order valence-corrected chi connectivity index (χ3v) is 7.31. The van der Waals surface area contributed by atoms with Gasteiger partial charge >= 0.3 is 0 Å². The Kier molecular flexibility index (Phi) is 7.00. The van der Waals surface area contributed by atoms with Crippen molar-refractivity contribution in [3.63, 3.8) is 0 Å². The van der Waals surface area contributed by atoms with Gasteiger partial charge in [0.15, 0.2) is 0 Å². The van der Waals surface area contributed by atoms with Crippen LogP contribution in [-0.4, -0.2) is 68.6 Å². The van der Waals surface area contributed by atoms with Gasteiger partial charge in [0.25, 0.3) is 5.91 Å². The average molecular weight is 474 g/mol. The van der Waals surface area contributed by atoms with Gasteiger partial charge < -0.3 is 14.5 Å². The number of rotatable bonds is 6. The number of likely N-dealkylation sites (tertiary alicyclic amines) is 1. The fourth-order valence-corrected chi connectivity index (χ4v) is 5.43. The maximum atomic E-state index is 14.1. The Morgan fingerprint density at radius 1 is 0.914 bits per heavy atom. The van der Waals surface area contributed by atoms with Gasteiger partial charge in [-0.05, 0) is 47.9 Å². The van der Waals surface area contributed by atoms with E-state index >= 15 is 0 Å². The van der Waals surface area contributed by atoms with Gasteiger partial charge in [-0.1, -0.05) is 36.4 Å². The molecule has 1 amide bonds. The Hall–Kier alpha value is -3.38. The van der Waals surface area contributed by atoms with Crippen molar-refractivity contribution in [1.29, 1.82) is 0 Å². The molecule has 2 atom stereocenters. The molecule has 182 valence electrons. The molecule has 0 aromatic heterocycles. The van der Waals surface area contributed by atoms with E-state index in [1.807, 2.05) is 53.4 Å². The Morgan fingerprint density at radius 3 is 2.43 bits per heavy atom. The zero-order chi connectivity index (χ0) is 24.2. The number of ether oxygens (including phenoxy) is 1. The van der Waals surface area contributed by atoms with E-state index in [0.29, 0.717) is 18.7 Å². The molecule has 0 spiro atoms. The summed E-state index contributed by atoms with van der Waals surface area (Å²) in [5.74, 6) is 1.08. The van der Waals surface area contributed by atoms with E-state index in [0.717, 1.165) is 44.0 Å². The SMILES string of the molecule is COc1cccc(N2CCN(C[C@@H]3CN(C(=O)c4ccccc4)C[C@H]3c3cccc(F)c3)CC2)c1. The molecule has 2 aliphatic rings. The van der Waals surface area contributed by atoms with Gasteiger partial charge in [0.2, 0.25) is 0 Å². The van der Waals surface area contributed by atoms with E-state index in [-0.39, 0.29) is 23.6 Å². The van der Waals surface area contributed by atoms with E-state index in [9.17, 15) is 9.18 Å². The lowest BCUT2D eigenvalue weighted by Gasteiger charge is -2.38. The van der Waals surface area contributed by atoms with Crippen LogP contribution >= 0.6 is 0 Å². The minimum atomic E-state index is -0.221. The van der Waals surface area contributed by atoms with E-state index in [2.05, 4.69) is 21.9 Å². The van der Waals surface area contributed by atoms with Crippen LogP contribution in [0.25, 0.3) is 0 Å². The molecular formula is C29H32FN3O2. The van der Waals surface area contributed by atoms with Crippen molar-refractivity contribution in [3.8, 4) is 5.75 Å². The summed E-state index contributed by atoms with van der Waals surface area (Å²) in [7, 11) is 1.69. The predicted molar refractivity (Wildman–Crippen MR) is 137 cm³/mol. The summed E-state index contributed by atoms with van der Waals surface area (Å²) in [6.45, 7) is 5.99. The van der Waals surface area contributed by atoms with Crippen LogP contribution in [-0.2, 0) is 0 Å². The fraction of sp³-hybridized carbons (Fsp3) is 0.345. The van der Waals surface area contributed by atoms with Crippen molar-refractivity contribution >= 4 is 11.6 Å². The van der Waals surface area contributed by atoms with Gasteiger partial charge in [-0.3, -0.25) is 9.69 Å². The second kappa shape index (κ2) is 10.5. The third-order valence-electron chi connectivity index (χ3n) is 7.31. The van der Waals surface area contributed by atoms with Gasteiger partial charge in [-0.25, -0.2) is 4.39 Å². The van der Waals surface area contributed by atoms with Crippen LogP contribution in [0.3, 0.4) is 0 Å². The van der Waals surface area contributed by atoms with Gasteiger partial charge in [-0.15, -0.1) is 0 Å². The predicted octanol–water partition coefficient (Wildman–Crippen LogP) is 4.51. The van der Waals surface area contributed by atoms with E-state index in [4.69, 9.17) is 4.74 Å². The lowest BCUT2D eigenvalue weighted by Crippen LogP contribution is -2.48. The molecule has 2 heterocycles. The maximum absolute atomic E-state index is 14.1. The van der Waals surface area contributed by atoms with Crippen LogP contribution < -0.4 is 9.64 Å². The van der Waals surface area contributed by atoms with Crippen LogP contribution in [0.15, 0.2) is 78.9 Å². The molecule has 3 aromatic rings. The van der Waals surface area contributed by atoms with Crippen molar-refractivity contribution in [2.75, 3.05) is 57.8 Å². The van der Waals surface area contributed by atoms with Gasteiger partial charge in [0.1, 0.15) is 11.6 Å². The highest BCUT2D eigenvalue weighted by molar-refractivity contribution is 5.94. The van der Waals surface area contributed by atoms with Crippen molar-refractivity contribution in [2.45, 2.75) is 5.92 Å². The van der Waals surface area contributed by atoms with E-state index < -0.39 is 0 Å². The molecule has 0 unspecified atom stereocenters. The number of piperazine rings is 1. The second-order valence-corrected chi connectivity index (χ2v) is 9.49. The topological polar surface area (TPSA) is 36.0 Å². The molecule has 5 nitrogen and oxygen atoms in total.